The van der Waals surface area contributed by atoms with Crippen molar-refractivity contribution in [3.8, 4) is 10.7 Å². The molecule has 1 saturated carbocycles. The molecule has 216 valence electrons. The van der Waals surface area contributed by atoms with E-state index in [-0.39, 0.29) is 38.4 Å². The Balaban J connectivity index is 1.71. The van der Waals surface area contributed by atoms with Crippen molar-refractivity contribution < 1.29 is 22.0 Å². The number of aromatic nitrogens is 4. The van der Waals surface area contributed by atoms with E-state index in [0.29, 0.717) is 49.5 Å². The van der Waals surface area contributed by atoms with Crippen LogP contribution in [0.1, 0.15) is 38.1 Å². The van der Waals surface area contributed by atoms with E-state index in [9.17, 15) is 26.8 Å². The number of amides is 2. The van der Waals surface area contributed by atoms with Gasteiger partial charge in [-0.05, 0) is 38.8 Å². The Hall–Kier alpha value is -3.24. The molecular formula is C24H30F2N8O4S2. The van der Waals surface area contributed by atoms with Crippen molar-refractivity contribution in [3.63, 3.8) is 0 Å². The Bertz CT molecular complexity index is 1650. The summed E-state index contributed by atoms with van der Waals surface area (Å²) in [6, 6.07) is 2.41. The highest BCUT2D eigenvalue weighted by molar-refractivity contribution is 7.89. The second-order valence-corrected chi connectivity index (χ2v) is 13.4. The number of hydrogen-bond acceptors (Lipinski definition) is 9. The molecule has 1 aliphatic heterocycles. The first-order chi connectivity index (χ1) is 18.7. The van der Waals surface area contributed by atoms with Crippen molar-refractivity contribution >= 4 is 43.9 Å². The molecule has 2 amide bonds. The molecule has 5 rings (SSSR count). The number of halogens is 2. The van der Waals surface area contributed by atoms with Gasteiger partial charge in [0, 0.05) is 57.7 Å². The van der Waals surface area contributed by atoms with Crippen molar-refractivity contribution in [2.24, 2.45) is 7.05 Å². The molecule has 1 atom stereocenters. The molecule has 3 heterocycles. The number of sulfonamides is 1. The number of anilines is 1. The Morgan fingerprint density at radius 1 is 1.23 bits per heavy atom. The first kappa shape index (κ1) is 28.3. The largest absolute Gasteiger partial charge is 0.367 e. The zero-order valence-electron chi connectivity index (χ0n) is 22.7. The van der Waals surface area contributed by atoms with E-state index in [4.69, 9.17) is 0 Å². The number of piperazine rings is 1. The number of fused-ring (bicyclic) bond motifs is 1. The summed E-state index contributed by atoms with van der Waals surface area (Å²) in [5.74, 6) is 0. The molecule has 1 saturated heterocycles. The van der Waals surface area contributed by atoms with Crippen LogP contribution in [-0.2, 0) is 17.1 Å². The summed E-state index contributed by atoms with van der Waals surface area (Å²) < 4.78 is 57.5. The van der Waals surface area contributed by atoms with Gasteiger partial charge in [-0.15, -0.1) is 10.2 Å². The van der Waals surface area contributed by atoms with Crippen LogP contribution in [0.2, 0.25) is 0 Å². The van der Waals surface area contributed by atoms with Crippen molar-refractivity contribution in [2.75, 3.05) is 38.6 Å². The van der Waals surface area contributed by atoms with E-state index in [2.05, 4.69) is 20.0 Å². The molecule has 16 heteroatoms. The molecule has 1 aliphatic carbocycles. The molecule has 2 fully saturated rings. The van der Waals surface area contributed by atoms with E-state index < -0.39 is 32.6 Å². The van der Waals surface area contributed by atoms with Gasteiger partial charge < -0.3 is 14.7 Å². The number of aryl methyl sites for hydroxylation is 1. The van der Waals surface area contributed by atoms with Crippen LogP contribution >= 0.6 is 11.3 Å². The summed E-state index contributed by atoms with van der Waals surface area (Å²) >= 11 is 0.627. The quantitative estimate of drug-likeness (QED) is 0.459. The van der Waals surface area contributed by atoms with Gasteiger partial charge in [0.15, 0.2) is 10.0 Å². The second-order valence-electron chi connectivity index (χ2n) is 10.7. The highest BCUT2D eigenvalue weighted by atomic mass is 32.2. The average molecular weight is 597 g/mol. The summed E-state index contributed by atoms with van der Waals surface area (Å²) in [6.07, 6.45) is -1.45. The highest BCUT2D eigenvalue weighted by Crippen LogP contribution is 2.39. The minimum Gasteiger partial charge on any atom is -0.367 e. The lowest BCUT2D eigenvalue weighted by Crippen LogP contribution is -2.56. The standard InChI is InChI=1S/C24H30F2N8O4S2/c1-13-12-33(8-9-34(13)23(36)31(3)4)16-11-14(40(37,38)30-24(2)6-7-24)10-15-17(16)22(35)32(5)29-18(15)20-27-28-21(39-20)19(25)26/h10-11,13,19,30H,6-9,12H2,1-5H3. The normalized spacial score (nSPS) is 18.9. The molecule has 0 spiro atoms. The average Bonchev–Trinajstić information content (AvgIpc) is 3.39. The molecule has 40 heavy (non-hydrogen) atoms. The topological polar surface area (TPSA) is 134 Å². The van der Waals surface area contributed by atoms with Crippen molar-refractivity contribution in [2.45, 2.75) is 49.6 Å². The van der Waals surface area contributed by atoms with Crippen LogP contribution in [0.25, 0.3) is 21.5 Å². The molecule has 0 bridgehead atoms. The number of nitrogens with zero attached hydrogens (tertiary/aromatic N) is 7. The van der Waals surface area contributed by atoms with Gasteiger partial charge in [-0.3, -0.25) is 4.79 Å². The number of benzene rings is 1. The monoisotopic (exact) mass is 596 g/mol. The van der Waals surface area contributed by atoms with Gasteiger partial charge in [0.05, 0.1) is 16.0 Å². The van der Waals surface area contributed by atoms with Crippen molar-refractivity contribution in [1.29, 1.82) is 0 Å². The van der Waals surface area contributed by atoms with E-state index >= 15 is 0 Å². The molecule has 3 aromatic rings. The molecule has 1 N–H and O–H groups in total. The van der Waals surface area contributed by atoms with Crippen LogP contribution < -0.4 is 15.2 Å². The van der Waals surface area contributed by atoms with Crippen molar-refractivity contribution in [3.05, 3.63) is 27.5 Å². The summed E-state index contributed by atoms with van der Waals surface area (Å²) in [4.78, 5) is 31.2. The third kappa shape index (κ3) is 5.14. The van der Waals surface area contributed by atoms with Crippen LogP contribution in [-0.4, -0.2) is 89.5 Å². The number of nitrogens with one attached hydrogen (secondary N) is 1. The molecule has 2 aromatic heterocycles. The number of urea groups is 1. The predicted molar refractivity (Wildman–Crippen MR) is 146 cm³/mol. The Labute approximate surface area is 233 Å². The Morgan fingerprint density at radius 3 is 2.50 bits per heavy atom. The fourth-order valence-corrected chi connectivity index (χ4v) is 7.00. The summed E-state index contributed by atoms with van der Waals surface area (Å²) in [5, 5.41) is 11.6. The van der Waals surface area contributed by atoms with E-state index in [1.165, 1.54) is 24.1 Å². The Kier molecular flexibility index (Phi) is 7.07. The number of rotatable bonds is 6. The van der Waals surface area contributed by atoms with Crippen LogP contribution in [0.3, 0.4) is 0 Å². The summed E-state index contributed by atoms with van der Waals surface area (Å²) in [6.45, 7) is 4.70. The maximum Gasteiger partial charge on any atom is 0.319 e. The lowest BCUT2D eigenvalue weighted by atomic mass is 10.1. The van der Waals surface area contributed by atoms with Gasteiger partial charge in [-0.25, -0.2) is 31.4 Å². The van der Waals surface area contributed by atoms with Gasteiger partial charge in [0.25, 0.3) is 12.0 Å². The first-order valence-electron chi connectivity index (χ1n) is 12.6. The number of carbonyl (C=O) groups is 1. The van der Waals surface area contributed by atoms with Crippen LogP contribution in [0.5, 0.6) is 0 Å². The third-order valence-electron chi connectivity index (χ3n) is 7.22. The van der Waals surface area contributed by atoms with Crippen LogP contribution in [0, 0.1) is 0 Å². The molecule has 0 radical (unpaired) electrons. The fourth-order valence-electron chi connectivity index (χ4n) is 4.79. The summed E-state index contributed by atoms with van der Waals surface area (Å²) in [5.41, 5.74) is -0.616. The van der Waals surface area contributed by atoms with Crippen LogP contribution in [0.4, 0.5) is 19.3 Å². The first-order valence-corrected chi connectivity index (χ1v) is 14.9. The maximum atomic E-state index is 13.5. The third-order valence-corrected chi connectivity index (χ3v) is 9.78. The lowest BCUT2D eigenvalue weighted by Gasteiger charge is -2.42. The number of hydrogen-bond donors (Lipinski definition) is 1. The van der Waals surface area contributed by atoms with E-state index in [1.807, 2.05) is 18.7 Å². The Morgan fingerprint density at radius 2 is 1.93 bits per heavy atom. The molecular weight excluding hydrogens is 566 g/mol. The van der Waals surface area contributed by atoms with Gasteiger partial charge in [0.1, 0.15) is 5.69 Å². The van der Waals surface area contributed by atoms with Gasteiger partial charge in [0.2, 0.25) is 10.0 Å². The molecule has 2 aliphatic rings. The SMILES string of the molecule is CC1CN(c2cc(S(=O)(=O)NC3(C)CC3)cc3c(-c4nnc(C(F)F)s4)nn(C)c(=O)c23)CCN1C(=O)N(C)C. The van der Waals surface area contributed by atoms with Gasteiger partial charge >= 0.3 is 6.03 Å². The van der Waals surface area contributed by atoms with E-state index in [0.717, 1.165) is 4.68 Å². The lowest BCUT2D eigenvalue weighted by molar-refractivity contribution is 0.147. The van der Waals surface area contributed by atoms with Gasteiger partial charge in [-0.2, -0.15) is 5.10 Å². The fraction of sp³-hybridized carbons (Fsp3) is 0.542. The minimum absolute atomic E-state index is 0.0354. The van der Waals surface area contributed by atoms with Crippen molar-refractivity contribution in [1.82, 2.24) is 34.5 Å². The summed E-state index contributed by atoms with van der Waals surface area (Å²) in [7, 11) is 0.744. The highest BCUT2D eigenvalue weighted by Gasteiger charge is 2.42. The second kappa shape index (κ2) is 9.99. The minimum atomic E-state index is -4.02. The molecule has 1 unspecified atom stereocenters. The number of alkyl halides is 2. The van der Waals surface area contributed by atoms with Crippen LogP contribution in [0.15, 0.2) is 21.8 Å². The molecule has 1 aromatic carbocycles. The maximum absolute atomic E-state index is 13.5. The smallest absolute Gasteiger partial charge is 0.319 e. The van der Waals surface area contributed by atoms with E-state index in [1.54, 1.807) is 19.0 Å². The van der Waals surface area contributed by atoms with Gasteiger partial charge in [-0.1, -0.05) is 11.3 Å². The number of carbonyl (C=O) groups excluding carboxylic acids is 1. The zero-order chi connectivity index (χ0) is 29.1. The molecule has 12 nitrogen and oxygen atoms in total. The predicted octanol–water partition coefficient (Wildman–Crippen LogP) is 2.41. The zero-order valence-corrected chi connectivity index (χ0v) is 24.3.